The summed E-state index contributed by atoms with van der Waals surface area (Å²) in [7, 11) is 0. The largest absolute Gasteiger partial charge is 0.493 e. The average Bonchev–Trinajstić information content (AvgIpc) is 3.13. The number of aromatic hydroxyl groups is 1. The van der Waals surface area contributed by atoms with Gasteiger partial charge < -0.3 is 19.1 Å². The minimum atomic E-state index is -0.547. The Labute approximate surface area is 211 Å². The topological polar surface area (TPSA) is 85.4 Å². The summed E-state index contributed by atoms with van der Waals surface area (Å²) in [6.07, 6.45) is 0. The fraction of sp³-hybridized carbons (Fsp3) is 0.276. The maximum atomic E-state index is 12.2. The zero-order chi connectivity index (χ0) is 25.7. The van der Waals surface area contributed by atoms with Crippen molar-refractivity contribution in [3.63, 3.8) is 0 Å². The minimum Gasteiger partial charge on any atom is -0.493 e. The van der Waals surface area contributed by atoms with Gasteiger partial charge in [0.1, 0.15) is 18.1 Å². The second-order valence-corrected chi connectivity index (χ2v) is 9.66. The summed E-state index contributed by atoms with van der Waals surface area (Å²) in [5.41, 5.74) is 3.43. The fourth-order valence-electron chi connectivity index (χ4n) is 3.82. The summed E-state index contributed by atoms with van der Waals surface area (Å²) in [6.45, 7) is 8.98. The van der Waals surface area contributed by atoms with Gasteiger partial charge in [0.15, 0.2) is 12.3 Å². The summed E-state index contributed by atoms with van der Waals surface area (Å²) in [4.78, 5) is 12.2. The van der Waals surface area contributed by atoms with E-state index in [0.717, 1.165) is 16.8 Å². The molecule has 0 atom stereocenters. The van der Waals surface area contributed by atoms with Gasteiger partial charge in [0.2, 0.25) is 5.88 Å². The summed E-state index contributed by atoms with van der Waals surface area (Å²) in [5.74, 6) is 0.724. The molecule has 0 aliphatic carbocycles. The molecule has 0 aliphatic rings. The van der Waals surface area contributed by atoms with E-state index in [-0.39, 0.29) is 23.6 Å². The highest BCUT2D eigenvalue weighted by molar-refractivity contribution is 5.95. The Kier molecular flexibility index (Phi) is 7.38. The number of carbonyl (C=O) groups excluding carboxylic acids is 1. The third-order valence-corrected chi connectivity index (χ3v) is 5.87. The van der Waals surface area contributed by atoms with Gasteiger partial charge in [-0.05, 0) is 48.2 Å². The molecule has 0 fully saturated rings. The number of para-hydroxylation sites is 1. The van der Waals surface area contributed by atoms with Crippen molar-refractivity contribution in [2.45, 2.75) is 39.7 Å². The average molecular weight is 486 g/mol. The van der Waals surface area contributed by atoms with Crippen LogP contribution in [0.4, 0.5) is 5.69 Å². The predicted octanol–water partition coefficient (Wildman–Crippen LogP) is 6.72. The van der Waals surface area contributed by atoms with Gasteiger partial charge in [0.25, 0.3) is 0 Å². The van der Waals surface area contributed by atoms with Crippen LogP contribution in [0.5, 0.6) is 17.4 Å². The Balaban J connectivity index is 1.43. The SMILES string of the molecule is Cc1ccc(OCC(=O)N=Nc2c(O)n(CCOc3ccc(C(C)(C)C)cc3)c3ccccc23)cc1. The lowest BCUT2D eigenvalue weighted by Crippen LogP contribution is -2.11. The first-order valence-electron chi connectivity index (χ1n) is 11.9. The molecule has 1 heterocycles. The van der Waals surface area contributed by atoms with E-state index in [2.05, 4.69) is 43.1 Å². The minimum absolute atomic E-state index is 0.0705. The number of hydrogen-bond acceptors (Lipinski definition) is 5. The standard InChI is InChI=1S/C29H31N3O4/c1-20-9-13-23(14-10-20)36-19-26(33)30-31-27-24-7-5-6-8-25(24)32(28(27)34)17-18-35-22-15-11-21(12-16-22)29(2,3)4/h5-16,34H,17-19H2,1-4H3. The Morgan fingerprint density at radius 3 is 2.25 bits per heavy atom. The van der Waals surface area contributed by atoms with Gasteiger partial charge in [0, 0.05) is 5.39 Å². The smallest absolute Gasteiger partial charge is 0.302 e. The van der Waals surface area contributed by atoms with E-state index in [9.17, 15) is 9.90 Å². The van der Waals surface area contributed by atoms with Crippen molar-refractivity contribution >= 4 is 22.5 Å². The molecule has 4 rings (SSSR count). The van der Waals surface area contributed by atoms with Crippen molar-refractivity contribution in [2.75, 3.05) is 13.2 Å². The number of benzene rings is 3. The molecule has 36 heavy (non-hydrogen) atoms. The van der Waals surface area contributed by atoms with Crippen LogP contribution in [0.1, 0.15) is 31.9 Å². The lowest BCUT2D eigenvalue weighted by molar-refractivity contribution is -0.120. The number of nitrogens with zero attached hydrogens (tertiary/aromatic N) is 3. The first-order valence-corrected chi connectivity index (χ1v) is 11.9. The number of azo groups is 1. The molecule has 7 heteroatoms. The summed E-state index contributed by atoms with van der Waals surface area (Å²) >= 11 is 0. The van der Waals surface area contributed by atoms with Gasteiger partial charge in [-0.15, -0.1) is 10.2 Å². The number of rotatable bonds is 8. The number of hydrogen-bond donors (Lipinski definition) is 1. The van der Waals surface area contributed by atoms with Crippen molar-refractivity contribution in [2.24, 2.45) is 10.2 Å². The van der Waals surface area contributed by atoms with Crippen LogP contribution in [-0.4, -0.2) is 28.8 Å². The summed E-state index contributed by atoms with van der Waals surface area (Å²) < 4.78 is 13.1. The van der Waals surface area contributed by atoms with Crippen molar-refractivity contribution < 1.29 is 19.4 Å². The van der Waals surface area contributed by atoms with Crippen LogP contribution in [0.25, 0.3) is 10.9 Å². The van der Waals surface area contributed by atoms with Gasteiger partial charge in [-0.1, -0.05) is 68.8 Å². The van der Waals surface area contributed by atoms with Crippen LogP contribution in [0.2, 0.25) is 0 Å². The molecule has 0 bridgehead atoms. The molecular weight excluding hydrogens is 454 g/mol. The fourth-order valence-corrected chi connectivity index (χ4v) is 3.82. The van der Waals surface area contributed by atoms with Crippen LogP contribution in [0.3, 0.4) is 0 Å². The van der Waals surface area contributed by atoms with E-state index in [1.165, 1.54) is 5.56 Å². The molecule has 0 radical (unpaired) electrons. The Morgan fingerprint density at radius 2 is 1.56 bits per heavy atom. The molecule has 0 aliphatic heterocycles. The molecule has 1 amide bonds. The van der Waals surface area contributed by atoms with Crippen molar-refractivity contribution in [3.8, 4) is 17.4 Å². The van der Waals surface area contributed by atoms with Crippen LogP contribution < -0.4 is 9.47 Å². The maximum absolute atomic E-state index is 12.2. The quantitative estimate of drug-likeness (QED) is 0.281. The van der Waals surface area contributed by atoms with E-state index >= 15 is 0 Å². The Bertz CT molecular complexity index is 1360. The first-order chi connectivity index (χ1) is 17.2. The highest BCUT2D eigenvalue weighted by atomic mass is 16.5. The van der Waals surface area contributed by atoms with Crippen molar-refractivity contribution in [3.05, 3.63) is 83.9 Å². The van der Waals surface area contributed by atoms with E-state index in [0.29, 0.717) is 24.3 Å². The van der Waals surface area contributed by atoms with Gasteiger partial charge in [-0.2, -0.15) is 0 Å². The molecule has 0 saturated carbocycles. The van der Waals surface area contributed by atoms with E-state index in [1.807, 2.05) is 55.5 Å². The van der Waals surface area contributed by atoms with Gasteiger partial charge in [0.05, 0.1) is 12.1 Å². The molecule has 4 aromatic rings. The molecule has 1 aromatic heterocycles. The molecular formula is C29H31N3O4. The maximum Gasteiger partial charge on any atom is 0.302 e. The number of fused-ring (bicyclic) bond motifs is 1. The highest BCUT2D eigenvalue weighted by Gasteiger charge is 2.17. The normalized spacial score (nSPS) is 11.8. The number of aromatic nitrogens is 1. The summed E-state index contributed by atoms with van der Waals surface area (Å²) in [5, 5.41) is 19.4. The van der Waals surface area contributed by atoms with Crippen LogP contribution in [0, 0.1) is 6.92 Å². The molecule has 0 unspecified atom stereocenters. The van der Waals surface area contributed by atoms with Gasteiger partial charge in [-0.25, -0.2) is 0 Å². The lowest BCUT2D eigenvalue weighted by atomic mass is 9.87. The van der Waals surface area contributed by atoms with Gasteiger partial charge in [-0.3, -0.25) is 4.79 Å². The third-order valence-electron chi connectivity index (χ3n) is 5.87. The van der Waals surface area contributed by atoms with Gasteiger partial charge >= 0.3 is 5.91 Å². The van der Waals surface area contributed by atoms with E-state index in [1.54, 1.807) is 16.7 Å². The van der Waals surface area contributed by atoms with E-state index < -0.39 is 5.91 Å². The molecule has 0 saturated heterocycles. The zero-order valence-electron chi connectivity index (χ0n) is 21.1. The third kappa shape index (κ3) is 5.92. The summed E-state index contributed by atoms with van der Waals surface area (Å²) in [6, 6.07) is 22.9. The number of aryl methyl sites for hydroxylation is 1. The molecule has 1 N–H and O–H groups in total. The molecule has 3 aromatic carbocycles. The second kappa shape index (κ2) is 10.6. The number of ether oxygens (including phenoxy) is 2. The molecule has 7 nitrogen and oxygen atoms in total. The molecule has 0 spiro atoms. The number of carbonyl (C=O) groups is 1. The zero-order valence-corrected chi connectivity index (χ0v) is 21.1. The van der Waals surface area contributed by atoms with E-state index in [4.69, 9.17) is 9.47 Å². The Morgan fingerprint density at radius 1 is 0.917 bits per heavy atom. The van der Waals surface area contributed by atoms with Crippen LogP contribution in [0.15, 0.2) is 83.0 Å². The Hall–Kier alpha value is -4.13. The van der Waals surface area contributed by atoms with Crippen LogP contribution in [-0.2, 0) is 16.8 Å². The lowest BCUT2D eigenvalue weighted by Gasteiger charge is -2.19. The predicted molar refractivity (Wildman–Crippen MR) is 140 cm³/mol. The first kappa shape index (κ1) is 25.0. The van der Waals surface area contributed by atoms with Crippen molar-refractivity contribution in [1.82, 2.24) is 4.57 Å². The highest BCUT2D eigenvalue weighted by Crippen LogP contribution is 2.38. The van der Waals surface area contributed by atoms with Crippen molar-refractivity contribution in [1.29, 1.82) is 0 Å². The second-order valence-electron chi connectivity index (χ2n) is 9.66. The monoisotopic (exact) mass is 485 g/mol. The molecule has 186 valence electrons. The van der Waals surface area contributed by atoms with Crippen LogP contribution >= 0.6 is 0 Å². The number of amides is 1.